The van der Waals surface area contributed by atoms with Crippen molar-refractivity contribution in [3.8, 4) is 0 Å². The van der Waals surface area contributed by atoms with Crippen molar-refractivity contribution < 1.29 is 17.6 Å². The molecule has 0 atom stereocenters. The van der Waals surface area contributed by atoms with Crippen molar-refractivity contribution in [2.24, 2.45) is 0 Å². The van der Waals surface area contributed by atoms with E-state index in [1.54, 1.807) is 34.9 Å². The summed E-state index contributed by atoms with van der Waals surface area (Å²) < 4.78 is 44.6. The van der Waals surface area contributed by atoms with E-state index in [2.05, 4.69) is 5.32 Å². The maximum atomic E-state index is 14.6. The minimum atomic E-state index is -4.24. The fourth-order valence-electron chi connectivity index (χ4n) is 3.73. The van der Waals surface area contributed by atoms with Gasteiger partial charge in [0.1, 0.15) is 12.4 Å². The summed E-state index contributed by atoms with van der Waals surface area (Å²) in [4.78, 5) is 25.1. The quantitative estimate of drug-likeness (QED) is 0.380. The molecule has 10 heteroatoms. The van der Waals surface area contributed by atoms with Gasteiger partial charge < -0.3 is 5.32 Å². The summed E-state index contributed by atoms with van der Waals surface area (Å²) in [5, 5.41) is 2.67. The van der Waals surface area contributed by atoms with Gasteiger partial charge in [-0.25, -0.2) is 12.8 Å². The van der Waals surface area contributed by atoms with Crippen molar-refractivity contribution in [1.82, 2.24) is 4.57 Å². The van der Waals surface area contributed by atoms with Crippen molar-refractivity contribution in [3.63, 3.8) is 0 Å². The Bertz CT molecular complexity index is 1560. The number of fused-ring (bicyclic) bond motifs is 1. The zero-order chi connectivity index (χ0) is 25.3. The van der Waals surface area contributed by atoms with Gasteiger partial charge >= 0.3 is 4.87 Å². The van der Waals surface area contributed by atoms with E-state index in [-0.39, 0.29) is 21.5 Å². The number of nitrogens with one attached hydrogen (secondary N) is 1. The Hall–Kier alpha value is -3.50. The molecule has 1 heterocycles. The molecule has 35 heavy (non-hydrogen) atoms. The number of benzene rings is 3. The highest BCUT2D eigenvalue weighted by Crippen LogP contribution is 2.27. The first kappa shape index (κ1) is 24.6. The number of amides is 1. The third-order valence-electron chi connectivity index (χ3n) is 5.43. The predicted molar refractivity (Wildman–Crippen MR) is 137 cm³/mol. The average molecular weight is 514 g/mol. The highest BCUT2D eigenvalue weighted by molar-refractivity contribution is 7.92. The standard InChI is InChI=1S/C25H24FN3O4S2/c1-16(2)29-22-13-10-18(14-23(22)34-25(29)31)27-24(30)15-28(21-7-5-4-6-20(21)26)35(32,33)19-11-8-17(3)9-12-19/h4-14,16H,15H2,1-3H3,(H,27,30). The molecule has 1 amide bonds. The molecule has 0 aliphatic carbocycles. The first-order chi connectivity index (χ1) is 16.6. The Balaban J connectivity index is 1.66. The number of aromatic nitrogens is 1. The molecule has 1 N–H and O–H groups in total. The topological polar surface area (TPSA) is 88.5 Å². The number of nitrogens with zero attached hydrogens (tertiary/aromatic N) is 2. The van der Waals surface area contributed by atoms with Crippen LogP contribution in [0.3, 0.4) is 0 Å². The summed E-state index contributed by atoms with van der Waals surface area (Å²) in [6, 6.07) is 16.5. The molecule has 3 aromatic carbocycles. The molecule has 0 radical (unpaired) electrons. The molecular formula is C25H24FN3O4S2. The van der Waals surface area contributed by atoms with Crippen molar-refractivity contribution >= 4 is 48.9 Å². The van der Waals surface area contributed by atoms with Crippen LogP contribution in [0.2, 0.25) is 0 Å². The molecule has 182 valence electrons. The molecule has 0 saturated carbocycles. The van der Waals surface area contributed by atoms with Crippen LogP contribution in [0.4, 0.5) is 15.8 Å². The van der Waals surface area contributed by atoms with Crippen LogP contribution in [0.15, 0.2) is 76.4 Å². The summed E-state index contributed by atoms with van der Waals surface area (Å²) in [5.41, 5.74) is 1.79. The van der Waals surface area contributed by atoms with Gasteiger partial charge in [-0.2, -0.15) is 0 Å². The number of rotatable bonds is 7. The Kier molecular flexibility index (Phi) is 6.77. The predicted octanol–water partition coefficient (Wildman–Crippen LogP) is 4.93. The molecule has 0 unspecified atom stereocenters. The van der Waals surface area contributed by atoms with Crippen molar-refractivity contribution in [2.75, 3.05) is 16.2 Å². The molecule has 0 spiro atoms. The molecule has 0 aliphatic heterocycles. The van der Waals surface area contributed by atoms with Gasteiger partial charge in [0.05, 0.1) is 20.8 Å². The molecule has 0 aliphatic rings. The number of carbonyl (C=O) groups is 1. The molecule has 4 aromatic rings. The summed E-state index contributed by atoms with van der Waals surface area (Å²) in [6.45, 7) is 5.00. The fraction of sp³-hybridized carbons (Fsp3) is 0.200. The Morgan fingerprint density at radius 1 is 1.09 bits per heavy atom. The van der Waals surface area contributed by atoms with Gasteiger partial charge in [-0.1, -0.05) is 41.2 Å². The number of hydrogen-bond donors (Lipinski definition) is 1. The zero-order valence-electron chi connectivity index (χ0n) is 19.4. The van der Waals surface area contributed by atoms with Gasteiger partial charge in [-0.05, 0) is 63.2 Å². The number of halogens is 1. The van der Waals surface area contributed by atoms with Crippen LogP contribution < -0.4 is 14.5 Å². The summed E-state index contributed by atoms with van der Waals surface area (Å²) >= 11 is 1.06. The Morgan fingerprint density at radius 3 is 2.43 bits per heavy atom. The van der Waals surface area contributed by atoms with Crippen LogP contribution in [0, 0.1) is 12.7 Å². The van der Waals surface area contributed by atoms with E-state index >= 15 is 0 Å². The summed E-state index contributed by atoms with van der Waals surface area (Å²) in [6.07, 6.45) is 0. The maximum Gasteiger partial charge on any atom is 0.308 e. The van der Waals surface area contributed by atoms with E-state index in [9.17, 15) is 22.4 Å². The molecule has 0 fully saturated rings. The molecule has 0 saturated heterocycles. The van der Waals surface area contributed by atoms with Crippen molar-refractivity contribution in [3.05, 3.63) is 87.8 Å². The number of para-hydroxylation sites is 1. The van der Waals surface area contributed by atoms with Crippen molar-refractivity contribution in [1.29, 1.82) is 0 Å². The number of sulfonamides is 1. The van der Waals surface area contributed by atoms with E-state index in [1.807, 2.05) is 20.8 Å². The largest absolute Gasteiger partial charge is 0.324 e. The number of aryl methyl sites for hydroxylation is 1. The molecule has 0 bridgehead atoms. The van der Waals surface area contributed by atoms with Gasteiger partial charge in [-0.15, -0.1) is 0 Å². The van der Waals surface area contributed by atoms with Gasteiger partial charge in [0, 0.05) is 11.7 Å². The Morgan fingerprint density at radius 2 is 1.77 bits per heavy atom. The van der Waals surface area contributed by atoms with Crippen LogP contribution in [0.5, 0.6) is 0 Å². The molecule has 4 rings (SSSR count). The lowest BCUT2D eigenvalue weighted by Gasteiger charge is -2.24. The lowest BCUT2D eigenvalue weighted by Crippen LogP contribution is -2.38. The highest BCUT2D eigenvalue weighted by atomic mass is 32.2. The second-order valence-corrected chi connectivity index (χ2v) is 11.2. The number of thiazole rings is 1. The van der Waals surface area contributed by atoms with Gasteiger partial charge in [0.15, 0.2) is 0 Å². The van der Waals surface area contributed by atoms with E-state index in [4.69, 9.17) is 0 Å². The SMILES string of the molecule is Cc1ccc(S(=O)(=O)N(CC(=O)Nc2ccc3c(c2)sc(=O)n3C(C)C)c2ccccc2F)cc1. The Labute approximate surface area is 206 Å². The van der Waals surface area contributed by atoms with E-state index in [0.29, 0.717) is 10.4 Å². The minimum absolute atomic E-state index is 0.0157. The summed E-state index contributed by atoms with van der Waals surface area (Å²) in [7, 11) is -4.24. The first-order valence-electron chi connectivity index (χ1n) is 10.9. The molecule has 7 nitrogen and oxygen atoms in total. The third kappa shape index (κ3) is 4.98. The van der Waals surface area contributed by atoms with E-state index in [0.717, 1.165) is 32.8 Å². The third-order valence-corrected chi connectivity index (χ3v) is 8.12. The average Bonchev–Trinajstić information content (AvgIpc) is 3.13. The second kappa shape index (κ2) is 9.63. The molecular weight excluding hydrogens is 489 g/mol. The van der Waals surface area contributed by atoms with Crippen molar-refractivity contribution in [2.45, 2.75) is 31.7 Å². The summed E-state index contributed by atoms with van der Waals surface area (Å²) in [5.74, 6) is -1.42. The highest BCUT2D eigenvalue weighted by Gasteiger charge is 2.29. The normalized spacial score (nSPS) is 11.7. The smallest absolute Gasteiger partial charge is 0.308 e. The maximum absolute atomic E-state index is 14.6. The van der Waals surface area contributed by atoms with E-state index < -0.39 is 28.3 Å². The van der Waals surface area contributed by atoms with Gasteiger partial charge in [-0.3, -0.25) is 18.5 Å². The van der Waals surface area contributed by atoms with Crippen LogP contribution in [-0.2, 0) is 14.8 Å². The van der Waals surface area contributed by atoms with Crippen LogP contribution >= 0.6 is 11.3 Å². The van der Waals surface area contributed by atoms with Crippen LogP contribution in [0.1, 0.15) is 25.5 Å². The number of hydrogen-bond acceptors (Lipinski definition) is 5. The lowest BCUT2D eigenvalue weighted by atomic mass is 10.2. The van der Waals surface area contributed by atoms with Gasteiger partial charge in [0.25, 0.3) is 10.0 Å². The first-order valence-corrected chi connectivity index (χ1v) is 13.1. The fourth-order valence-corrected chi connectivity index (χ4v) is 6.21. The monoisotopic (exact) mass is 513 g/mol. The van der Waals surface area contributed by atoms with Crippen LogP contribution in [0.25, 0.3) is 10.2 Å². The van der Waals surface area contributed by atoms with Crippen LogP contribution in [-0.4, -0.2) is 25.4 Å². The zero-order valence-corrected chi connectivity index (χ0v) is 21.0. The molecule has 1 aromatic heterocycles. The van der Waals surface area contributed by atoms with E-state index in [1.165, 1.54) is 30.3 Å². The number of carbonyl (C=O) groups excluding carboxylic acids is 1. The minimum Gasteiger partial charge on any atom is -0.324 e. The van der Waals surface area contributed by atoms with Gasteiger partial charge in [0.2, 0.25) is 5.91 Å². The lowest BCUT2D eigenvalue weighted by molar-refractivity contribution is -0.114. The second-order valence-electron chi connectivity index (χ2n) is 8.34. The number of anilines is 2.